The fraction of sp³-hybridized carbons (Fsp3) is 0. The van der Waals surface area contributed by atoms with Crippen molar-refractivity contribution in [3.63, 3.8) is 0 Å². The third kappa shape index (κ3) is 4.60. The summed E-state index contributed by atoms with van der Waals surface area (Å²) in [6.45, 7) is 0. The summed E-state index contributed by atoms with van der Waals surface area (Å²) in [6, 6.07) is 58.4. The Balaban J connectivity index is 1.23. The van der Waals surface area contributed by atoms with Gasteiger partial charge in [-0.3, -0.25) is 9.55 Å². The zero-order chi connectivity index (χ0) is 31.2. The lowest BCUT2D eigenvalue weighted by molar-refractivity contribution is 1.10. The van der Waals surface area contributed by atoms with Crippen LogP contribution in [0.1, 0.15) is 0 Å². The van der Waals surface area contributed by atoms with Gasteiger partial charge in [-0.05, 0) is 97.4 Å². The van der Waals surface area contributed by atoms with Crippen LogP contribution in [0.25, 0.3) is 83.0 Å². The molecule has 7 aromatic carbocycles. The van der Waals surface area contributed by atoms with E-state index in [1.54, 1.807) is 0 Å². The highest BCUT2D eigenvalue weighted by molar-refractivity contribution is 6.21. The molecule has 9 rings (SSSR count). The largest absolute Gasteiger partial charge is 0.292 e. The van der Waals surface area contributed by atoms with Crippen molar-refractivity contribution >= 4 is 32.6 Å². The lowest BCUT2D eigenvalue weighted by Gasteiger charge is -2.18. The van der Waals surface area contributed by atoms with E-state index in [4.69, 9.17) is 4.98 Å². The highest BCUT2D eigenvalue weighted by Gasteiger charge is 2.18. The molecular weight excluding hydrogens is 571 g/mol. The standard InChI is InChI=1S/C44H29N3/c1-2-11-32(12-3-1)44-46-40-19-8-9-20-41(40)47(44)35-23-21-31(22-24-35)42-36-15-4-6-17-38(36)43(39-18-7-5-16-37(39)42)34-14-10-13-33(29-34)30-25-27-45-28-26-30/h1-29H. The molecule has 2 aromatic heterocycles. The minimum Gasteiger partial charge on any atom is -0.292 e. The first-order chi connectivity index (χ1) is 23.3. The summed E-state index contributed by atoms with van der Waals surface area (Å²) in [7, 11) is 0. The quantitative estimate of drug-likeness (QED) is 0.184. The second-order valence-corrected chi connectivity index (χ2v) is 11.8. The van der Waals surface area contributed by atoms with E-state index in [1.807, 2.05) is 24.5 Å². The van der Waals surface area contributed by atoms with Crippen molar-refractivity contribution in [1.29, 1.82) is 0 Å². The summed E-state index contributed by atoms with van der Waals surface area (Å²) < 4.78 is 2.27. The number of para-hydroxylation sites is 2. The van der Waals surface area contributed by atoms with Crippen molar-refractivity contribution < 1.29 is 0 Å². The molecule has 0 amide bonds. The number of aromatic nitrogens is 3. The fourth-order valence-corrected chi connectivity index (χ4v) is 6.99. The molecule has 0 bridgehead atoms. The van der Waals surface area contributed by atoms with Gasteiger partial charge < -0.3 is 0 Å². The molecule has 2 heterocycles. The third-order valence-electron chi connectivity index (χ3n) is 9.10. The van der Waals surface area contributed by atoms with Gasteiger partial charge >= 0.3 is 0 Å². The molecule has 47 heavy (non-hydrogen) atoms. The van der Waals surface area contributed by atoms with Crippen LogP contribution in [0.2, 0.25) is 0 Å². The first kappa shape index (κ1) is 27.0. The van der Waals surface area contributed by atoms with Crippen molar-refractivity contribution in [2.75, 3.05) is 0 Å². The minimum atomic E-state index is 0.939. The van der Waals surface area contributed by atoms with Crippen LogP contribution in [-0.2, 0) is 0 Å². The Morgan fingerprint density at radius 2 is 0.936 bits per heavy atom. The van der Waals surface area contributed by atoms with Gasteiger partial charge in [0.05, 0.1) is 11.0 Å². The van der Waals surface area contributed by atoms with Gasteiger partial charge in [0.2, 0.25) is 0 Å². The first-order valence-corrected chi connectivity index (χ1v) is 15.9. The summed E-state index contributed by atoms with van der Waals surface area (Å²) in [5.41, 5.74) is 11.5. The summed E-state index contributed by atoms with van der Waals surface area (Å²) in [6.07, 6.45) is 3.70. The molecule has 0 saturated carbocycles. The van der Waals surface area contributed by atoms with Crippen LogP contribution in [0.3, 0.4) is 0 Å². The summed E-state index contributed by atoms with van der Waals surface area (Å²) >= 11 is 0. The van der Waals surface area contributed by atoms with Gasteiger partial charge in [-0.1, -0.05) is 121 Å². The SMILES string of the molecule is c1ccc(-c2nc3ccccc3n2-c2ccc(-c3c4ccccc4c(-c4cccc(-c5ccncc5)c4)c4ccccc34)cc2)cc1. The molecule has 0 aliphatic heterocycles. The Hall–Kier alpha value is -6.32. The third-order valence-corrected chi connectivity index (χ3v) is 9.10. The highest BCUT2D eigenvalue weighted by atomic mass is 15.1. The van der Waals surface area contributed by atoms with Crippen LogP contribution in [0, 0.1) is 0 Å². The zero-order valence-corrected chi connectivity index (χ0v) is 25.6. The van der Waals surface area contributed by atoms with E-state index >= 15 is 0 Å². The lowest BCUT2D eigenvalue weighted by Crippen LogP contribution is -1.98. The molecule has 3 heteroatoms. The molecule has 0 fully saturated rings. The number of fused-ring (bicyclic) bond motifs is 3. The summed E-state index contributed by atoms with van der Waals surface area (Å²) in [4.78, 5) is 9.26. The van der Waals surface area contributed by atoms with E-state index < -0.39 is 0 Å². The normalized spacial score (nSPS) is 11.4. The highest BCUT2D eigenvalue weighted by Crippen LogP contribution is 2.44. The van der Waals surface area contributed by atoms with Crippen molar-refractivity contribution in [2.24, 2.45) is 0 Å². The predicted molar refractivity (Wildman–Crippen MR) is 196 cm³/mol. The molecule has 0 unspecified atom stereocenters. The minimum absolute atomic E-state index is 0.939. The average molecular weight is 600 g/mol. The van der Waals surface area contributed by atoms with Crippen molar-refractivity contribution in [1.82, 2.24) is 14.5 Å². The molecule has 0 aliphatic rings. The molecule has 9 aromatic rings. The monoisotopic (exact) mass is 599 g/mol. The smallest absolute Gasteiger partial charge is 0.145 e. The first-order valence-electron chi connectivity index (χ1n) is 15.9. The van der Waals surface area contributed by atoms with E-state index in [0.717, 1.165) is 33.7 Å². The van der Waals surface area contributed by atoms with Crippen molar-refractivity contribution in [3.05, 3.63) is 176 Å². The molecule has 0 radical (unpaired) electrons. The predicted octanol–water partition coefficient (Wildman–Crippen LogP) is 11.4. The van der Waals surface area contributed by atoms with Crippen LogP contribution in [0.15, 0.2) is 176 Å². The van der Waals surface area contributed by atoms with E-state index in [-0.39, 0.29) is 0 Å². The molecule has 3 nitrogen and oxygen atoms in total. The number of benzene rings is 7. The van der Waals surface area contributed by atoms with Crippen LogP contribution < -0.4 is 0 Å². The van der Waals surface area contributed by atoms with Gasteiger partial charge in [0.25, 0.3) is 0 Å². The van der Waals surface area contributed by atoms with Gasteiger partial charge in [-0.15, -0.1) is 0 Å². The van der Waals surface area contributed by atoms with Gasteiger partial charge in [-0.2, -0.15) is 0 Å². The van der Waals surface area contributed by atoms with Gasteiger partial charge in [-0.25, -0.2) is 4.98 Å². The van der Waals surface area contributed by atoms with E-state index in [0.29, 0.717) is 0 Å². The molecule has 220 valence electrons. The number of imidazole rings is 1. The number of nitrogens with zero attached hydrogens (tertiary/aromatic N) is 3. The van der Waals surface area contributed by atoms with Crippen LogP contribution in [-0.4, -0.2) is 14.5 Å². The second kappa shape index (κ2) is 11.2. The maximum Gasteiger partial charge on any atom is 0.145 e. The van der Waals surface area contributed by atoms with Gasteiger partial charge in [0.15, 0.2) is 0 Å². The Labute approximate surface area is 273 Å². The Morgan fingerprint density at radius 1 is 0.383 bits per heavy atom. The average Bonchev–Trinajstić information content (AvgIpc) is 3.54. The van der Waals surface area contributed by atoms with Crippen LogP contribution in [0.5, 0.6) is 0 Å². The molecular formula is C44H29N3. The zero-order valence-electron chi connectivity index (χ0n) is 25.6. The van der Waals surface area contributed by atoms with Crippen LogP contribution in [0.4, 0.5) is 0 Å². The van der Waals surface area contributed by atoms with Crippen molar-refractivity contribution in [2.45, 2.75) is 0 Å². The number of rotatable bonds is 5. The van der Waals surface area contributed by atoms with Crippen molar-refractivity contribution in [3.8, 4) is 50.5 Å². The maximum atomic E-state index is 5.05. The molecule has 0 atom stereocenters. The second-order valence-electron chi connectivity index (χ2n) is 11.8. The molecule has 0 spiro atoms. The Bertz CT molecular complexity index is 2490. The number of hydrogen-bond acceptors (Lipinski definition) is 2. The summed E-state index contributed by atoms with van der Waals surface area (Å²) in [5, 5.41) is 4.95. The van der Waals surface area contributed by atoms with Gasteiger partial charge in [0.1, 0.15) is 5.82 Å². The molecule has 0 N–H and O–H groups in total. The Morgan fingerprint density at radius 3 is 1.62 bits per heavy atom. The summed E-state index contributed by atoms with van der Waals surface area (Å²) in [5.74, 6) is 0.939. The van der Waals surface area contributed by atoms with Gasteiger partial charge in [0, 0.05) is 23.6 Å². The number of hydrogen-bond donors (Lipinski definition) is 0. The van der Waals surface area contributed by atoms with E-state index in [9.17, 15) is 0 Å². The fourth-order valence-electron chi connectivity index (χ4n) is 6.99. The molecule has 0 aliphatic carbocycles. The Kier molecular flexibility index (Phi) is 6.46. The maximum absolute atomic E-state index is 5.05. The molecule has 0 saturated heterocycles. The van der Waals surface area contributed by atoms with E-state index in [1.165, 1.54) is 49.4 Å². The van der Waals surface area contributed by atoms with E-state index in [2.05, 4.69) is 161 Å². The van der Waals surface area contributed by atoms with Crippen LogP contribution >= 0.6 is 0 Å². The lowest BCUT2D eigenvalue weighted by atomic mass is 9.85. The number of pyridine rings is 1. The topological polar surface area (TPSA) is 30.7 Å².